The van der Waals surface area contributed by atoms with E-state index in [0.717, 1.165) is 17.8 Å². The van der Waals surface area contributed by atoms with Gasteiger partial charge in [0.1, 0.15) is 17.4 Å². The molecule has 3 rings (SSSR count). The predicted molar refractivity (Wildman–Crippen MR) is 115 cm³/mol. The second-order valence-corrected chi connectivity index (χ2v) is 7.77. The average molecular weight is 462 g/mol. The minimum atomic E-state index is -1.15. The van der Waals surface area contributed by atoms with Gasteiger partial charge >= 0.3 is 0 Å². The molecule has 0 aromatic heterocycles. The number of rotatable bonds is 7. The maximum Gasteiger partial charge on any atom is 0.271 e. The van der Waals surface area contributed by atoms with Gasteiger partial charge in [0, 0.05) is 17.8 Å². The van der Waals surface area contributed by atoms with E-state index >= 15 is 0 Å². The monoisotopic (exact) mass is 462 g/mol. The van der Waals surface area contributed by atoms with Crippen LogP contribution >= 0.6 is 11.8 Å². The number of thioether (sulfide) groups is 1. The molecule has 3 atom stereocenters. The fraction of sp³-hybridized carbons (Fsp3) is 0.211. The van der Waals surface area contributed by atoms with Crippen molar-refractivity contribution in [1.29, 1.82) is 0 Å². The summed E-state index contributed by atoms with van der Waals surface area (Å²) in [4.78, 5) is 47.0. The summed E-state index contributed by atoms with van der Waals surface area (Å²) >= 11 is 1.02. The molecule has 1 saturated heterocycles. The zero-order valence-corrected chi connectivity index (χ0v) is 17.2. The summed E-state index contributed by atoms with van der Waals surface area (Å²) in [5.41, 5.74) is 5.09. The van der Waals surface area contributed by atoms with Crippen molar-refractivity contribution in [2.75, 3.05) is 11.1 Å². The molecule has 2 aromatic carbocycles. The molecular weight excluding hydrogens is 443 g/mol. The number of benzene rings is 2. The van der Waals surface area contributed by atoms with E-state index < -0.39 is 46.2 Å². The van der Waals surface area contributed by atoms with Gasteiger partial charge < -0.3 is 21.7 Å². The number of anilines is 1. The number of hydrogen-bond acceptors (Lipinski definition) is 8. The number of nitro benzene ring substituents is 1. The summed E-state index contributed by atoms with van der Waals surface area (Å²) in [5.74, 6) is -2.67. The number of nitrogens with one attached hydrogen (secondary N) is 4. The van der Waals surface area contributed by atoms with Gasteiger partial charge in [0.2, 0.25) is 11.8 Å². The number of amides is 3. The van der Waals surface area contributed by atoms with Crippen LogP contribution in [-0.2, 0) is 9.59 Å². The molecular formula is C19H19FN6O5S. The van der Waals surface area contributed by atoms with Gasteiger partial charge in [0.25, 0.3) is 11.6 Å². The first kappa shape index (κ1) is 23.1. The van der Waals surface area contributed by atoms with Crippen molar-refractivity contribution >= 4 is 40.9 Å². The molecule has 13 heteroatoms. The van der Waals surface area contributed by atoms with Crippen LogP contribution in [0.5, 0.6) is 0 Å². The highest BCUT2D eigenvalue weighted by atomic mass is 32.2. The quantitative estimate of drug-likeness (QED) is 0.293. The van der Waals surface area contributed by atoms with Gasteiger partial charge in [0.05, 0.1) is 22.4 Å². The Hall–Kier alpha value is -3.55. The molecule has 3 unspecified atom stereocenters. The van der Waals surface area contributed by atoms with E-state index in [1.54, 1.807) is 0 Å². The lowest BCUT2D eigenvalue weighted by molar-refractivity contribution is -0.384. The summed E-state index contributed by atoms with van der Waals surface area (Å²) in [6.07, 6.45) is -0.989. The first-order valence-electron chi connectivity index (χ1n) is 9.28. The van der Waals surface area contributed by atoms with Crippen LogP contribution in [0.4, 0.5) is 15.8 Å². The molecule has 1 heterocycles. The fourth-order valence-corrected chi connectivity index (χ4v) is 3.70. The third kappa shape index (κ3) is 5.78. The largest absolute Gasteiger partial charge is 0.338 e. The smallest absolute Gasteiger partial charge is 0.271 e. The Morgan fingerprint density at radius 2 is 1.97 bits per heavy atom. The molecule has 3 amide bonds. The zero-order chi connectivity index (χ0) is 23.3. The van der Waals surface area contributed by atoms with E-state index in [4.69, 9.17) is 5.73 Å². The third-order valence-corrected chi connectivity index (χ3v) is 5.40. The lowest BCUT2D eigenvalue weighted by Gasteiger charge is -2.35. The van der Waals surface area contributed by atoms with Crippen LogP contribution in [-0.4, -0.2) is 46.1 Å². The molecule has 0 saturated carbocycles. The predicted octanol–water partition coefficient (Wildman–Crippen LogP) is 0.492. The molecule has 6 N–H and O–H groups in total. The summed E-state index contributed by atoms with van der Waals surface area (Å²) < 4.78 is 13.8. The minimum absolute atomic E-state index is 0.0976. The van der Waals surface area contributed by atoms with Gasteiger partial charge in [-0.1, -0.05) is 18.2 Å². The Balaban J connectivity index is 1.51. The number of nitrogens with zero attached hydrogens (tertiary/aromatic N) is 1. The van der Waals surface area contributed by atoms with Gasteiger partial charge in [-0.05, 0) is 18.2 Å². The van der Waals surface area contributed by atoms with E-state index in [0.29, 0.717) is 0 Å². The first-order valence-corrected chi connectivity index (χ1v) is 10.3. The standard InChI is InChI=1S/C19H19FN6O5S/c20-13-7-2-1-6-12(13)17(28)23-15-16(21)24-19(25-18(15)29)32-9-14(27)22-10-4-3-5-11(8-10)26(30)31/h1-8,15-16,19,24H,9,21H2,(H,22,27)(H,23,28)(H,25,29). The Morgan fingerprint density at radius 1 is 1.22 bits per heavy atom. The minimum Gasteiger partial charge on any atom is -0.338 e. The average Bonchev–Trinajstić information content (AvgIpc) is 2.75. The zero-order valence-electron chi connectivity index (χ0n) is 16.4. The second kappa shape index (κ2) is 10.2. The molecule has 0 spiro atoms. The number of nitro groups is 1. The Bertz CT molecular complexity index is 1050. The van der Waals surface area contributed by atoms with Crippen molar-refractivity contribution in [2.45, 2.75) is 17.7 Å². The van der Waals surface area contributed by atoms with E-state index in [-0.39, 0.29) is 22.7 Å². The number of carbonyl (C=O) groups is 3. The number of non-ortho nitro benzene ring substituents is 1. The van der Waals surface area contributed by atoms with Crippen LogP contribution in [0.15, 0.2) is 48.5 Å². The Kier molecular flexibility index (Phi) is 7.35. The maximum atomic E-state index is 13.8. The lowest BCUT2D eigenvalue weighted by Crippen LogP contribution is -2.70. The highest BCUT2D eigenvalue weighted by Crippen LogP contribution is 2.18. The number of halogens is 1. The van der Waals surface area contributed by atoms with E-state index in [2.05, 4.69) is 21.3 Å². The molecule has 0 bridgehead atoms. The highest BCUT2D eigenvalue weighted by Gasteiger charge is 2.35. The van der Waals surface area contributed by atoms with Gasteiger partial charge in [0.15, 0.2) is 0 Å². The van der Waals surface area contributed by atoms with Crippen LogP contribution in [0.25, 0.3) is 0 Å². The van der Waals surface area contributed by atoms with Crippen LogP contribution in [0, 0.1) is 15.9 Å². The van der Waals surface area contributed by atoms with Gasteiger partial charge in [-0.15, -0.1) is 11.8 Å². The summed E-state index contributed by atoms with van der Waals surface area (Å²) in [7, 11) is 0. The summed E-state index contributed by atoms with van der Waals surface area (Å²) in [6.45, 7) is 0. The molecule has 0 aliphatic carbocycles. The molecule has 168 valence electrons. The first-order chi connectivity index (χ1) is 15.2. The van der Waals surface area contributed by atoms with Crippen molar-refractivity contribution in [3.8, 4) is 0 Å². The van der Waals surface area contributed by atoms with Gasteiger partial charge in [-0.3, -0.25) is 29.8 Å². The van der Waals surface area contributed by atoms with Crippen molar-refractivity contribution in [3.05, 3.63) is 70.0 Å². The number of carbonyl (C=O) groups excluding carboxylic acids is 3. The normalized spacial score (nSPS) is 20.2. The van der Waals surface area contributed by atoms with Crippen LogP contribution in [0.3, 0.4) is 0 Å². The highest BCUT2D eigenvalue weighted by molar-refractivity contribution is 8.00. The molecule has 32 heavy (non-hydrogen) atoms. The fourth-order valence-electron chi connectivity index (χ4n) is 2.86. The maximum absolute atomic E-state index is 13.8. The molecule has 1 aliphatic rings. The molecule has 0 radical (unpaired) electrons. The van der Waals surface area contributed by atoms with Crippen molar-refractivity contribution < 1.29 is 23.7 Å². The Morgan fingerprint density at radius 3 is 2.66 bits per heavy atom. The second-order valence-electron chi connectivity index (χ2n) is 6.68. The van der Waals surface area contributed by atoms with Gasteiger partial charge in [-0.25, -0.2) is 4.39 Å². The van der Waals surface area contributed by atoms with Crippen LogP contribution < -0.4 is 27.0 Å². The topological polar surface area (TPSA) is 168 Å². The van der Waals surface area contributed by atoms with Crippen molar-refractivity contribution in [3.63, 3.8) is 0 Å². The third-order valence-electron chi connectivity index (χ3n) is 4.39. The molecule has 11 nitrogen and oxygen atoms in total. The summed E-state index contributed by atoms with van der Waals surface area (Å²) in [6, 6.07) is 9.65. The van der Waals surface area contributed by atoms with E-state index in [1.807, 2.05) is 0 Å². The molecule has 1 fully saturated rings. The molecule has 1 aliphatic heterocycles. The van der Waals surface area contributed by atoms with Crippen LogP contribution in [0.1, 0.15) is 10.4 Å². The van der Waals surface area contributed by atoms with Crippen molar-refractivity contribution in [1.82, 2.24) is 16.0 Å². The van der Waals surface area contributed by atoms with E-state index in [1.165, 1.54) is 42.5 Å². The van der Waals surface area contributed by atoms with Gasteiger partial charge in [-0.2, -0.15) is 0 Å². The SMILES string of the molecule is NC1NC(SCC(=O)Nc2cccc([N+](=O)[O-])c2)NC(=O)C1NC(=O)c1ccccc1F. The molecule has 2 aromatic rings. The number of nitrogens with two attached hydrogens (primary N) is 1. The van der Waals surface area contributed by atoms with Crippen LogP contribution in [0.2, 0.25) is 0 Å². The number of hydrogen-bond donors (Lipinski definition) is 5. The lowest BCUT2D eigenvalue weighted by atomic mass is 10.1. The Labute approximate surface area is 185 Å². The summed E-state index contributed by atoms with van der Waals surface area (Å²) in [5, 5.41) is 21.1. The van der Waals surface area contributed by atoms with E-state index in [9.17, 15) is 28.9 Å². The van der Waals surface area contributed by atoms with Crippen molar-refractivity contribution in [2.24, 2.45) is 5.73 Å².